The molecule has 0 fully saturated rings. The van der Waals surface area contributed by atoms with Crippen LogP contribution in [0.3, 0.4) is 0 Å². The number of hydrogen-bond acceptors (Lipinski definition) is 3. The fourth-order valence-electron chi connectivity index (χ4n) is 0.739. The molecule has 4 heteroatoms. The van der Waals surface area contributed by atoms with E-state index >= 15 is 0 Å². The summed E-state index contributed by atoms with van der Waals surface area (Å²) in [5, 5.41) is 8.51. The third-order valence-corrected chi connectivity index (χ3v) is 1.51. The summed E-state index contributed by atoms with van der Waals surface area (Å²) in [5.74, 6) is -0.889. The molecule has 0 aliphatic carbocycles. The lowest BCUT2D eigenvalue weighted by Gasteiger charge is -2.01. The molecule has 0 bridgehead atoms. The smallest absolute Gasteiger partial charge is 0.330 e. The van der Waals surface area contributed by atoms with Gasteiger partial charge in [0.25, 0.3) is 0 Å². The van der Waals surface area contributed by atoms with Crippen molar-refractivity contribution >= 4 is 5.97 Å². The standard InChI is InChI=1S/C10H16O4/c1-3-13-7-8-14-6-4-5-9(2)10(11)12/h3,5H,1,4,6-8H2,2H3,(H,11,12). The van der Waals surface area contributed by atoms with Crippen molar-refractivity contribution < 1.29 is 19.4 Å². The van der Waals surface area contributed by atoms with Gasteiger partial charge < -0.3 is 14.6 Å². The molecule has 4 nitrogen and oxygen atoms in total. The molecule has 0 aromatic carbocycles. The van der Waals surface area contributed by atoms with Crippen LogP contribution in [0.5, 0.6) is 0 Å². The van der Waals surface area contributed by atoms with Crippen molar-refractivity contribution in [3.05, 3.63) is 24.5 Å². The summed E-state index contributed by atoms with van der Waals surface area (Å²) in [4.78, 5) is 10.4. The molecule has 0 aromatic heterocycles. The average molecular weight is 200 g/mol. The van der Waals surface area contributed by atoms with Gasteiger partial charge in [-0.3, -0.25) is 0 Å². The molecule has 0 amide bonds. The van der Waals surface area contributed by atoms with Gasteiger partial charge in [0.2, 0.25) is 0 Å². The zero-order valence-corrected chi connectivity index (χ0v) is 8.36. The lowest BCUT2D eigenvalue weighted by molar-refractivity contribution is -0.132. The maximum absolute atomic E-state index is 10.4. The fraction of sp³-hybridized carbons (Fsp3) is 0.500. The first kappa shape index (κ1) is 12.7. The van der Waals surface area contributed by atoms with Crippen molar-refractivity contribution in [2.45, 2.75) is 13.3 Å². The first-order valence-electron chi connectivity index (χ1n) is 4.38. The molecule has 0 heterocycles. The van der Waals surface area contributed by atoms with E-state index in [1.807, 2.05) is 0 Å². The van der Waals surface area contributed by atoms with Crippen LogP contribution >= 0.6 is 0 Å². The lowest BCUT2D eigenvalue weighted by atomic mass is 10.2. The first-order valence-corrected chi connectivity index (χ1v) is 4.38. The van der Waals surface area contributed by atoms with E-state index in [1.54, 1.807) is 13.0 Å². The molecule has 0 unspecified atom stereocenters. The molecule has 0 radical (unpaired) electrons. The van der Waals surface area contributed by atoms with Crippen molar-refractivity contribution in [2.75, 3.05) is 19.8 Å². The predicted octanol–water partition coefficient (Wildman–Crippen LogP) is 1.58. The third-order valence-electron chi connectivity index (χ3n) is 1.51. The van der Waals surface area contributed by atoms with Crippen molar-refractivity contribution in [1.29, 1.82) is 0 Å². The van der Waals surface area contributed by atoms with Crippen LogP contribution in [0.15, 0.2) is 24.5 Å². The minimum Gasteiger partial charge on any atom is -0.499 e. The highest BCUT2D eigenvalue weighted by Gasteiger charge is 1.97. The van der Waals surface area contributed by atoms with Crippen molar-refractivity contribution in [3.63, 3.8) is 0 Å². The summed E-state index contributed by atoms with van der Waals surface area (Å²) in [7, 11) is 0. The highest BCUT2D eigenvalue weighted by Crippen LogP contribution is 1.95. The summed E-state index contributed by atoms with van der Waals surface area (Å²) in [6.45, 7) is 6.42. The number of carboxylic acid groups (broad SMARTS) is 1. The molecule has 0 atom stereocenters. The maximum atomic E-state index is 10.4. The van der Waals surface area contributed by atoms with Crippen LogP contribution in [-0.4, -0.2) is 30.9 Å². The molecule has 0 saturated carbocycles. The van der Waals surface area contributed by atoms with Crippen LogP contribution in [-0.2, 0) is 14.3 Å². The second-order valence-corrected chi connectivity index (χ2v) is 2.63. The first-order chi connectivity index (χ1) is 6.68. The lowest BCUT2D eigenvalue weighted by Crippen LogP contribution is -2.02. The minimum absolute atomic E-state index is 0.343. The van der Waals surface area contributed by atoms with Gasteiger partial charge in [-0.2, -0.15) is 0 Å². The van der Waals surface area contributed by atoms with Gasteiger partial charge in [-0.25, -0.2) is 4.79 Å². The number of carboxylic acids is 1. The Kier molecular flexibility index (Phi) is 7.55. The second kappa shape index (κ2) is 8.31. The Morgan fingerprint density at radius 2 is 2.14 bits per heavy atom. The van der Waals surface area contributed by atoms with E-state index in [0.29, 0.717) is 31.8 Å². The molecule has 0 spiro atoms. The molecule has 0 rings (SSSR count). The van der Waals surface area contributed by atoms with Crippen LogP contribution in [0, 0.1) is 0 Å². The van der Waals surface area contributed by atoms with Crippen LogP contribution in [0.1, 0.15) is 13.3 Å². The molecule has 0 saturated heterocycles. The van der Waals surface area contributed by atoms with E-state index in [9.17, 15) is 4.79 Å². The Morgan fingerprint density at radius 1 is 1.43 bits per heavy atom. The molecule has 0 aromatic rings. The van der Waals surface area contributed by atoms with E-state index in [-0.39, 0.29) is 0 Å². The van der Waals surface area contributed by atoms with Gasteiger partial charge in [-0.1, -0.05) is 12.7 Å². The van der Waals surface area contributed by atoms with Crippen LogP contribution in [0.2, 0.25) is 0 Å². The van der Waals surface area contributed by atoms with Crippen molar-refractivity contribution in [3.8, 4) is 0 Å². The van der Waals surface area contributed by atoms with Crippen LogP contribution < -0.4 is 0 Å². The second-order valence-electron chi connectivity index (χ2n) is 2.63. The van der Waals surface area contributed by atoms with Gasteiger partial charge in [0, 0.05) is 5.57 Å². The van der Waals surface area contributed by atoms with E-state index in [0.717, 1.165) is 0 Å². The summed E-state index contributed by atoms with van der Waals surface area (Å²) in [5.41, 5.74) is 0.343. The van der Waals surface area contributed by atoms with Crippen molar-refractivity contribution in [1.82, 2.24) is 0 Å². The van der Waals surface area contributed by atoms with Gasteiger partial charge in [-0.05, 0) is 13.3 Å². The molecule has 1 N–H and O–H groups in total. The third kappa shape index (κ3) is 7.36. The number of rotatable bonds is 8. The maximum Gasteiger partial charge on any atom is 0.330 e. The summed E-state index contributed by atoms with van der Waals surface area (Å²) in [6, 6.07) is 0. The SMILES string of the molecule is C=COCCOCCC=C(C)C(=O)O. The summed E-state index contributed by atoms with van der Waals surface area (Å²) in [6.07, 6.45) is 3.60. The van der Waals surface area contributed by atoms with Crippen molar-refractivity contribution in [2.24, 2.45) is 0 Å². The number of ether oxygens (including phenoxy) is 2. The molecular formula is C10H16O4. The predicted molar refractivity (Wildman–Crippen MR) is 53.0 cm³/mol. The van der Waals surface area contributed by atoms with Crippen LogP contribution in [0.4, 0.5) is 0 Å². The van der Waals surface area contributed by atoms with Gasteiger partial charge in [-0.15, -0.1) is 0 Å². The van der Waals surface area contributed by atoms with E-state index < -0.39 is 5.97 Å². The van der Waals surface area contributed by atoms with Gasteiger partial charge >= 0.3 is 5.97 Å². The van der Waals surface area contributed by atoms with Crippen LogP contribution in [0.25, 0.3) is 0 Å². The Hall–Kier alpha value is -1.29. The summed E-state index contributed by atoms with van der Waals surface area (Å²) >= 11 is 0. The zero-order valence-electron chi connectivity index (χ0n) is 8.36. The molecule has 0 aliphatic heterocycles. The quantitative estimate of drug-likeness (QED) is 0.367. The molecule has 80 valence electrons. The van der Waals surface area contributed by atoms with E-state index in [1.165, 1.54) is 6.26 Å². The monoisotopic (exact) mass is 200 g/mol. The molecular weight excluding hydrogens is 184 g/mol. The highest BCUT2D eigenvalue weighted by molar-refractivity contribution is 5.85. The fourth-order valence-corrected chi connectivity index (χ4v) is 0.739. The Morgan fingerprint density at radius 3 is 2.71 bits per heavy atom. The van der Waals surface area contributed by atoms with Gasteiger partial charge in [0.15, 0.2) is 0 Å². The normalized spacial score (nSPS) is 11.1. The average Bonchev–Trinajstić information content (AvgIpc) is 2.16. The number of aliphatic carboxylic acids is 1. The van der Waals surface area contributed by atoms with Gasteiger partial charge in [0.1, 0.15) is 6.61 Å². The summed E-state index contributed by atoms with van der Waals surface area (Å²) < 4.78 is 9.98. The Balaban J connectivity index is 3.33. The van der Waals surface area contributed by atoms with E-state index in [2.05, 4.69) is 6.58 Å². The minimum atomic E-state index is -0.889. The largest absolute Gasteiger partial charge is 0.499 e. The van der Waals surface area contributed by atoms with Gasteiger partial charge in [0.05, 0.1) is 19.5 Å². The zero-order chi connectivity index (χ0) is 10.8. The molecule has 14 heavy (non-hydrogen) atoms. The topological polar surface area (TPSA) is 55.8 Å². The Bertz CT molecular complexity index is 208. The molecule has 0 aliphatic rings. The number of hydrogen-bond donors (Lipinski definition) is 1. The number of carbonyl (C=O) groups is 1. The highest BCUT2D eigenvalue weighted by atomic mass is 16.5. The van der Waals surface area contributed by atoms with E-state index in [4.69, 9.17) is 14.6 Å². The Labute approximate surface area is 83.8 Å².